The summed E-state index contributed by atoms with van der Waals surface area (Å²) in [5.74, 6) is -1.33. The van der Waals surface area contributed by atoms with Crippen molar-refractivity contribution in [3.05, 3.63) is 48.6 Å². The van der Waals surface area contributed by atoms with E-state index in [0.717, 1.165) is 5.56 Å². The number of hydrogen-bond donors (Lipinski definition) is 2. The van der Waals surface area contributed by atoms with Crippen LogP contribution in [-0.2, 0) is 16.0 Å². The highest BCUT2D eigenvalue weighted by Gasteiger charge is 2.18. The summed E-state index contributed by atoms with van der Waals surface area (Å²) in [6.45, 7) is 3.44. The number of benzene rings is 1. The van der Waals surface area contributed by atoms with Crippen LogP contribution < -0.4 is 5.32 Å². The van der Waals surface area contributed by atoms with Crippen LogP contribution in [0.1, 0.15) is 18.4 Å². The summed E-state index contributed by atoms with van der Waals surface area (Å²) >= 11 is 0. The van der Waals surface area contributed by atoms with Crippen LogP contribution in [-0.4, -0.2) is 23.0 Å². The lowest BCUT2D eigenvalue weighted by Crippen LogP contribution is -2.40. The van der Waals surface area contributed by atoms with Gasteiger partial charge < -0.3 is 10.4 Å². The van der Waals surface area contributed by atoms with Gasteiger partial charge >= 0.3 is 5.97 Å². The Bertz CT molecular complexity index is 414. The molecule has 0 saturated carbocycles. The molecule has 1 aromatic rings. The fraction of sp³-hybridized carbons (Fsp3) is 0.286. The molecule has 0 fully saturated rings. The first-order valence-electron chi connectivity index (χ1n) is 5.80. The highest BCUT2D eigenvalue weighted by Crippen LogP contribution is 2.05. The SMILES string of the molecule is C=CCC(=O)NC(CCc1ccccc1)C(=O)O. The minimum atomic E-state index is -1.01. The molecular formula is C14H17NO3. The topological polar surface area (TPSA) is 66.4 Å². The van der Waals surface area contributed by atoms with Gasteiger partial charge in [0.2, 0.25) is 5.91 Å². The molecule has 4 nitrogen and oxygen atoms in total. The normalized spacial score (nSPS) is 11.6. The summed E-state index contributed by atoms with van der Waals surface area (Å²) in [5, 5.41) is 11.5. The molecule has 1 rings (SSSR count). The van der Waals surface area contributed by atoms with Crippen LogP contribution in [0, 0.1) is 0 Å². The average Bonchev–Trinajstić information content (AvgIpc) is 2.35. The lowest BCUT2D eigenvalue weighted by molar-refractivity contribution is -0.141. The van der Waals surface area contributed by atoms with Crippen LogP contribution in [0.3, 0.4) is 0 Å². The Morgan fingerprint density at radius 3 is 2.56 bits per heavy atom. The van der Waals surface area contributed by atoms with E-state index in [1.165, 1.54) is 6.08 Å². The standard InChI is InChI=1S/C14H17NO3/c1-2-6-13(16)15-12(14(17)18)10-9-11-7-4-3-5-8-11/h2-5,7-8,12H,1,6,9-10H2,(H,15,16)(H,17,18). The van der Waals surface area contributed by atoms with Gasteiger partial charge in [0.05, 0.1) is 0 Å². The van der Waals surface area contributed by atoms with Gasteiger partial charge in [0.15, 0.2) is 0 Å². The van der Waals surface area contributed by atoms with Gasteiger partial charge in [-0.3, -0.25) is 4.79 Å². The number of carboxylic acid groups (broad SMARTS) is 1. The molecule has 0 aliphatic heterocycles. The van der Waals surface area contributed by atoms with Crippen molar-refractivity contribution in [3.8, 4) is 0 Å². The number of carbonyl (C=O) groups excluding carboxylic acids is 1. The second-order valence-corrected chi connectivity index (χ2v) is 3.98. The zero-order valence-corrected chi connectivity index (χ0v) is 10.1. The zero-order chi connectivity index (χ0) is 13.4. The fourth-order valence-electron chi connectivity index (χ4n) is 1.60. The minimum Gasteiger partial charge on any atom is -0.480 e. The Morgan fingerprint density at radius 1 is 1.33 bits per heavy atom. The maximum atomic E-state index is 11.3. The van der Waals surface area contributed by atoms with Crippen LogP contribution in [0.5, 0.6) is 0 Å². The predicted molar refractivity (Wildman–Crippen MR) is 69.1 cm³/mol. The van der Waals surface area contributed by atoms with Crippen LogP contribution in [0.15, 0.2) is 43.0 Å². The molecule has 0 spiro atoms. The number of carboxylic acids is 1. The number of hydrogen-bond acceptors (Lipinski definition) is 2. The second kappa shape index (κ2) is 7.27. The van der Waals surface area contributed by atoms with E-state index in [-0.39, 0.29) is 12.3 Å². The zero-order valence-electron chi connectivity index (χ0n) is 10.1. The van der Waals surface area contributed by atoms with E-state index in [9.17, 15) is 9.59 Å². The Balaban J connectivity index is 2.51. The number of aliphatic carboxylic acids is 1. The van der Waals surface area contributed by atoms with Gasteiger partial charge in [-0.05, 0) is 18.4 Å². The molecule has 0 heterocycles. The summed E-state index contributed by atoms with van der Waals surface area (Å²) in [6.07, 6.45) is 2.58. The Labute approximate surface area is 106 Å². The smallest absolute Gasteiger partial charge is 0.326 e. The lowest BCUT2D eigenvalue weighted by Gasteiger charge is -2.13. The Kier molecular flexibility index (Phi) is 5.64. The molecule has 2 N–H and O–H groups in total. The monoisotopic (exact) mass is 247 g/mol. The molecule has 0 aliphatic carbocycles. The van der Waals surface area contributed by atoms with Crippen LogP contribution in [0.4, 0.5) is 0 Å². The molecule has 0 radical (unpaired) electrons. The molecule has 0 aliphatic rings. The molecule has 96 valence electrons. The van der Waals surface area contributed by atoms with Crippen LogP contribution in [0.25, 0.3) is 0 Å². The maximum absolute atomic E-state index is 11.3. The van der Waals surface area contributed by atoms with Gasteiger partial charge in [-0.2, -0.15) is 0 Å². The van der Waals surface area contributed by atoms with Crippen molar-refractivity contribution in [3.63, 3.8) is 0 Å². The van der Waals surface area contributed by atoms with Gasteiger partial charge in [0.25, 0.3) is 0 Å². The number of amides is 1. The molecule has 1 unspecified atom stereocenters. The number of rotatable bonds is 7. The first-order valence-corrected chi connectivity index (χ1v) is 5.80. The number of aryl methyl sites for hydroxylation is 1. The summed E-state index contributed by atoms with van der Waals surface area (Å²) in [7, 11) is 0. The highest BCUT2D eigenvalue weighted by atomic mass is 16.4. The maximum Gasteiger partial charge on any atom is 0.326 e. The van der Waals surface area contributed by atoms with Crippen LogP contribution >= 0.6 is 0 Å². The van der Waals surface area contributed by atoms with Gasteiger partial charge in [0.1, 0.15) is 6.04 Å². The van der Waals surface area contributed by atoms with Crippen molar-refractivity contribution in [1.29, 1.82) is 0 Å². The van der Waals surface area contributed by atoms with Crippen molar-refractivity contribution in [2.45, 2.75) is 25.3 Å². The van der Waals surface area contributed by atoms with Gasteiger partial charge in [0, 0.05) is 6.42 Å². The van der Waals surface area contributed by atoms with E-state index in [2.05, 4.69) is 11.9 Å². The van der Waals surface area contributed by atoms with Crippen molar-refractivity contribution in [1.82, 2.24) is 5.32 Å². The largest absolute Gasteiger partial charge is 0.480 e. The van der Waals surface area contributed by atoms with Crippen molar-refractivity contribution < 1.29 is 14.7 Å². The third-order valence-electron chi connectivity index (χ3n) is 2.53. The average molecular weight is 247 g/mol. The highest BCUT2D eigenvalue weighted by molar-refractivity contribution is 5.84. The summed E-state index contributed by atoms with van der Waals surface area (Å²) < 4.78 is 0. The summed E-state index contributed by atoms with van der Waals surface area (Å²) in [6, 6.07) is 8.74. The Hall–Kier alpha value is -2.10. The van der Waals surface area contributed by atoms with E-state index in [1.54, 1.807) is 0 Å². The van der Waals surface area contributed by atoms with E-state index in [0.29, 0.717) is 12.8 Å². The van der Waals surface area contributed by atoms with Crippen molar-refractivity contribution in [2.75, 3.05) is 0 Å². The van der Waals surface area contributed by atoms with Gasteiger partial charge in [-0.25, -0.2) is 4.79 Å². The predicted octanol–water partition coefficient (Wildman–Crippen LogP) is 1.76. The molecule has 1 aromatic carbocycles. The number of nitrogens with one attached hydrogen (secondary N) is 1. The molecule has 0 saturated heterocycles. The first-order chi connectivity index (χ1) is 8.63. The second-order valence-electron chi connectivity index (χ2n) is 3.98. The van der Waals surface area contributed by atoms with E-state index in [1.807, 2.05) is 30.3 Å². The quantitative estimate of drug-likeness (QED) is 0.721. The summed E-state index contributed by atoms with van der Waals surface area (Å²) in [5.41, 5.74) is 1.06. The molecule has 1 amide bonds. The van der Waals surface area contributed by atoms with Crippen molar-refractivity contribution in [2.24, 2.45) is 0 Å². The summed E-state index contributed by atoms with van der Waals surface area (Å²) in [4.78, 5) is 22.3. The third-order valence-corrected chi connectivity index (χ3v) is 2.53. The Morgan fingerprint density at radius 2 is 2.00 bits per heavy atom. The molecule has 0 aromatic heterocycles. The van der Waals surface area contributed by atoms with E-state index in [4.69, 9.17) is 5.11 Å². The fourth-order valence-corrected chi connectivity index (χ4v) is 1.60. The first kappa shape index (κ1) is 14.0. The lowest BCUT2D eigenvalue weighted by atomic mass is 10.1. The van der Waals surface area contributed by atoms with Gasteiger partial charge in [-0.1, -0.05) is 36.4 Å². The molecule has 1 atom stereocenters. The molecular weight excluding hydrogens is 230 g/mol. The molecule has 0 bridgehead atoms. The van der Waals surface area contributed by atoms with Gasteiger partial charge in [-0.15, -0.1) is 6.58 Å². The number of carbonyl (C=O) groups is 2. The van der Waals surface area contributed by atoms with E-state index >= 15 is 0 Å². The van der Waals surface area contributed by atoms with Crippen LogP contribution in [0.2, 0.25) is 0 Å². The van der Waals surface area contributed by atoms with E-state index < -0.39 is 12.0 Å². The molecule has 4 heteroatoms. The third kappa shape index (κ3) is 4.82. The molecule has 18 heavy (non-hydrogen) atoms. The minimum absolute atomic E-state index is 0.134. The van der Waals surface area contributed by atoms with Crippen molar-refractivity contribution >= 4 is 11.9 Å².